The summed E-state index contributed by atoms with van der Waals surface area (Å²) in [6.07, 6.45) is -0.497. The van der Waals surface area contributed by atoms with Gasteiger partial charge in [-0.3, -0.25) is 9.59 Å². The molecule has 2 atom stereocenters. The number of carbonyl (C=O) groups is 3. The second-order valence-corrected chi connectivity index (χ2v) is 11.4. The first-order chi connectivity index (χ1) is 18.8. The van der Waals surface area contributed by atoms with Crippen LogP contribution in [0, 0.1) is 20.8 Å². The van der Waals surface area contributed by atoms with E-state index in [-0.39, 0.29) is 6.42 Å². The van der Waals surface area contributed by atoms with Gasteiger partial charge in [0.25, 0.3) is 5.91 Å². The Balaban J connectivity index is 2.02. The normalized spacial score (nSPS) is 12.7. The lowest BCUT2D eigenvalue weighted by Crippen LogP contribution is -2.52. The molecular weight excluding hydrogens is 526 g/mol. The van der Waals surface area contributed by atoms with Gasteiger partial charge in [0.2, 0.25) is 5.91 Å². The number of para-hydroxylation sites is 1. The molecule has 0 saturated heterocycles. The molecule has 3 aromatic carbocycles. The van der Waals surface area contributed by atoms with E-state index < -0.39 is 35.6 Å². The second-order valence-electron chi connectivity index (χ2n) is 11.0. The van der Waals surface area contributed by atoms with Gasteiger partial charge in [0.15, 0.2) is 0 Å². The third kappa shape index (κ3) is 7.85. The molecule has 0 aliphatic heterocycles. The Labute approximate surface area is 241 Å². The molecule has 3 aromatic rings. The van der Waals surface area contributed by atoms with Crippen LogP contribution < -0.4 is 10.6 Å². The van der Waals surface area contributed by atoms with Crippen LogP contribution in [0.25, 0.3) is 0 Å². The zero-order chi connectivity index (χ0) is 29.6. The Morgan fingerprint density at radius 1 is 0.900 bits per heavy atom. The number of rotatable bonds is 8. The summed E-state index contributed by atoms with van der Waals surface area (Å²) >= 11 is 6.42. The minimum atomic E-state index is -0.998. The van der Waals surface area contributed by atoms with Gasteiger partial charge in [-0.1, -0.05) is 72.3 Å². The molecule has 0 radical (unpaired) electrons. The lowest BCUT2D eigenvalue weighted by molar-refractivity contribution is -0.139. The van der Waals surface area contributed by atoms with E-state index in [0.29, 0.717) is 16.3 Å². The summed E-state index contributed by atoms with van der Waals surface area (Å²) in [7, 11) is 1.57. The van der Waals surface area contributed by atoms with Crippen molar-refractivity contribution in [1.29, 1.82) is 0 Å². The van der Waals surface area contributed by atoms with Crippen molar-refractivity contribution in [3.05, 3.63) is 99.6 Å². The van der Waals surface area contributed by atoms with Gasteiger partial charge in [-0.15, -0.1) is 0 Å². The molecule has 2 unspecified atom stereocenters. The Hall–Kier alpha value is -3.84. The van der Waals surface area contributed by atoms with Crippen LogP contribution in [0.5, 0.6) is 0 Å². The average molecular weight is 564 g/mol. The van der Waals surface area contributed by atoms with Crippen LogP contribution in [0.15, 0.2) is 66.7 Å². The smallest absolute Gasteiger partial charge is 0.408 e. The number of hydrogen-bond acceptors (Lipinski definition) is 4. The molecule has 2 N–H and O–H groups in total. The molecule has 8 heteroatoms. The number of likely N-dealkylation sites (N-methyl/N-ethyl adjacent to an activating group) is 1. The van der Waals surface area contributed by atoms with E-state index in [1.807, 2.05) is 81.4 Å². The molecule has 0 saturated carbocycles. The van der Waals surface area contributed by atoms with Crippen molar-refractivity contribution < 1.29 is 19.1 Å². The van der Waals surface area contributed by atoms with Gasteiger partial charge in [0.1, 0.15) is 17.7 Å². The number of alkyl carbamates (subject to hydrolysis) is 1. The number of anilines is 1. The van der Waals surface area contributed by atoms with Crippen molar-refractivity contribution in [3.8, 4) is 0 Å². The minimum Gasteiger partial charge on any atom is -0.444 e. The molecule has 0 fully saturated rings. The second kappa shape index (κ2) is 13.0. The van der Waals surface area contributed by atoms with E-state index in [1.165, 1.54) is 4.90 Å². The summed E-state index contributed by atoms with van der Waals surface area (Å²) < 4.78 is 5.45. The molecular formula is C32H38ClN3O4. The fourth-order valence-electron chi connectivity index (χ4n) is 4.45. The maximum atomic E-state index is 14.1. The highest BCUT2D eigenvalue weighted by Gasteiger charge is 2.35. The predicted molar refractivity (Wildman–Crippen MR) is 160 cm³/mol. The van der Waals surface area contributed by atoms with Crippen molar-refractivity contribution >= 4 is 35.2 Å². The van der Waals surface area contributed by atoms with Gasteiger partial charge in [-0.05, 0) is 75.4 Å². The van der Waals surface area contributed by atoms with Crippen LogP contribution in [0.1, 0.15) is 54.6 Å². The van der Waals surface area contributed by atoms with Gasteiger partial charge in [0.05, 0.1) is 10.7 Å². The van der Waals surface area contributed by atoms with E-state index >= 15 is 0 Å². The summed E-state index contributed by atoms with van der Waals surface area (Å²) in [6, 6.07) is 18.4. The molecule has 0 aromatic heterocycles. The third-order valence-corrected chi connectivity index (χ3v) is 6.98. The topological polar surface area (TPSA) is 87.7 Å². The zero-order valence-electron chi connectivity index (χ0n) is 24.2. The van der Waals surface area contributed by atoms with Crippen LogP contribution in [-0.4, -0.2) is 41.5 Å². The largest absolute Gasteiger partial charge is 0.444 e. The highest BCUT2D eigenvalue weighted by Crippen LogP contribution is 2.31. The molecule has 3 rings (SSSR count). The number of aryl methyl sites for hydroxylation is 2. The molecule has 0 aliphatic rings. The Bertz CT molecular complexity index is 1350. The highest BCUT2D eigenvalue weighted by molar-refractivity contribution is 6.34. The van der Waals surface area contributed by atoms with Crippen molar-refractivity contribution in [3.63, 3.8) is 0 Å². The first kappa shape index (κ1) is 30.7. The molecule has 0 aliphatic carbocycles. The number of benzene rings is 3. The third-order valence-electron chi connectivity index (χ3n) is 6.67. The van der Waals surface area contributed by atoms with Crippen LogP contribution in [0.4, 0.5) is 10.5 Å². The number of halogens is 1. The molecule has 0 spiro atoms. The van der Waals surface area contributed by atoms with Gasteiger partial charge < -0.3 is 20.3 Å². The first-order valence-corrected chi connectivity index (χ1v) is 13.6. The monoisotopic (exact) mass is 563 g/mol. The number of ether oxygens (including phenoxy) is 1. The first-order valence-electron chi connectivity index (χ1n) is 13.2. The Morgan fingerprint density at radius 3 is 2.15 bits per heavy atom. The molecule has 212 valence electrons. The number of hydrogen-bond donors (Lipinski definition) is 2. The Morgan fingerprint density at radius 2 is 1.52 bits per heavy atom. The SMILES string of the molecule is Cc1cccc(C(C(=O)Nc2c(C)cccc2Cl)N(C)C(=O)C(Cc2ccccc2)NC(=O)OC(C)(C)C)c1C. The van der Waals surface area contributed by atoms with Crippen LogP contribution in [-0.2, 0) is 20.7 Å². The van der Waals surface area contributed by atoms with E-state index in [4.69, 9.17) is 16.3 Å². The number of nitrogens with zero attached hydrogens (tertiary/aromatic N) is 1. The Kier molecular flexibility index (Phi) is 9.98. The fraction of sp³-hybridized carbons (Fsp3) is 0.344. The lowest BCUT2D eigenvalue weighted by atomic mass is 9.95. The molecule has 7 nitrogen and oxygen atoms in total. The fourth-order valence-corrected chi connectivity index (χ4v) is 4.72. The summed E-state index contributed by atoms with van der Waals surface area (Å²) in [5, 5.41) is 6.08. The summed E-state index contributed by atoms with van der Waals surface area (Å²) in [5.74, 6) is -0.858. The highest BCUT2D eigenvalue weighted by atomic mass is 35.5. The van der Waals surface area contributed by atoms with E-state index in [1.54, 1.807) is 33.9 Å². The van der Waals surface area contributed by atoms with Crippen LogP contribution in [0.3, 0.4) is 0 Å². The molecule has 0 heterocycles. The number of nitrogens with one attached hydrogen (secondary N) is 2. The van der Waals surface area contributed by atoms with Crippen LogP contribution in [0.2, 0.25) is 5.02 Å². The van der Waals surface area contributed by atoms with Gasteiger partial charge in [-0.25, -0.2) is 4.79 Å². The van der Waals surface area contributed by atoms with Crippen molar-refractivity contribution in [2.45, 2.75) is 65.6 Å². The maximum Gasteiger partial charge on any atom is 0.408 e. The lowest BCUT2D eigenvalue weighted by Gasteiger charge is -2.33. The zero-order valence-corrected chi connectivity index (χ0v) is 24.9. The van der Waals surface area contributed by atoms with E-state index in [9.17, 15) is 14.4 Å². The summed E-state index contributed by atoms with van der Waals surface area (Å²) in [6.45, 7) is 11.0. The van der Waals surface area contributed by atoms with Gasteiger partial charge >= 0.3 is 6.09 Å². The van der Waals surface area contributed by atoms with Crippen LogP contribution >= 0.6 is 11.6 Å². The predicted octanol–water partition coefficient (Wildman–Crippen LogP) is 6.54. The van der Waals surface area contributed by atoms with Crippen molar-refractivity contribution in [1.82, 2.24) is 10.2 Å². The summed E-state index contributed by atoms with van der Waals surface area (Å²) in [4.78, 5) is 42.2. The molecule has 3 amide bonds. The average Bonchev–Trinajstić information content (AvgIpc) is 2.87. The van der Waals surface area contributed by atoms with Gasteiger partial charge in [-0.2, -0.15) is 0 Å². The van der Waals surface area contributed by atoms with Crippen molar-refractivity contribution in [2.75, 3.05) is 12.4 Å². The quantitative estimate of drug-likeness (QED) is 0.326. The standard InChI is InChI=1S/C32H38ClN3O4/c1-20-13-11-17-24(22(20)3)28(29(37)35-27-21(2)14-12-18-25(27)33)36(7)30(38)26(19-23-15-9-8-10-16-23)34-31(39)40-32(4,5)6/h8-18,26,28H,19H2,1-7H3,(H,34,39)(H,35,37). The minimum absolute atomic E-state index is 0.216. The molecule has 0 bridgehead atoms. The maximum absolute atomic E-state index is 14.1. The van der Waals surface area contributed by atoms with E-state index in [2.05, 4.69) is 10.6 Å². The van der Waals surface area contributed by atoms with E-state index in [0.717, 1.165) is 22.3 Å². The van der Waals surface area contributed by atoms with Gasteiger partial charge in [0, 0.05) is 13.5 Å². The van der Waals surface area contributed by atoms with Crippen molar-refractivity contribution in [2.24, 2.45) is 0 Å². The summed E-state index contributed by atoms with van der Waals surface area (Å²) in [5.41, 5.74) is 3.93. The molecule has 40 heavy (non-hydrogen) atoms. The number of carbonyl (C=O) groups excluding carboxylic acids is 3. The number of amides is 3.